The lowest BCUT2D eigenvalue weighted by Crippen LogP contribution is -2.32. The first-order valence-electron chi connectivity index (χ1n) is 9.99. The number of anilines is 1. The monoisotopic (exact) mass is 398 g/mol. The van der Waals surface area contributed by atoms with Gasteiger partial charge in [0.1, 0.15) is 0 Å². The quantitative estimate of drug-likeness (QED) is 0.627. The normalized spacial score (nSPS) is 10.3. The Kier molecular flexibility index (Phi) is 8.52. The van der Waals surface area contributed by atoms with Crippen LogP contribution in [0, 0.1) is 13.8 Å². The summed E-state index contributed by atoms with van der Waals surface area (Å²) < 4.78 is 11.4. The molecule has 0 bridgehead atoms. The van der Waals surface area contributed by atoms with Crippen molar-refractivity contribution in [3.05, 3.63) is 53.1 Å². The molecule has 2 aromatic carbocycles. The van der Waals surface area contributed by atoms with Gasteiger partial charge in [-0.05, 0) is 51.0 Å². The van der Waals surface area contributed by atoms with Crippen LogP contribution in [-0.4, -0.2) is 31.6 Å². The predicted molar refractivity (Wildman–Crippen MR) is 115 cm³/mol. The van der Waals surface area contributed by atoms with Crippen molar-refractivity contribution in [2.75, 3.05) is 25.1 Å². The summed E-state index contributed by atoms with van der Waals surface area (Å²) in [4.78, 5) is 24.6. The number of carbonyl (C=O) groups is 2. The molecule has 0 aliphatic heterocycles. The molecule has 2 amide bonds. The zero-order chi connectivity index (χ0) is 21.2. The van der Waals surface area contributed by atoms with Gasteiger partial charge in [-0.15, -0.1) is 0 Å². The van der Waals surface area contributed by atoms with Crippen molar-refractivity contribution in [2.45, 2.75) is 40.5 Å². The highest BCUT2D eigenvalue weighted by atomic mass is 16.5. The second kappa shape index (κ2) is 11.1. The highest BCUT2D eigenvalue weighted by Gasteiger charge is 2.11. The van der Waals surface area contributed by atoms with Crippen molar-refractivity contribution in [1.82, 2.24) is 5.32 Å². The smallest absolute Gasteiger partial charge is 0.251 e. The molecule has 0 spiro atoms. The van der Waals surface area contributed by atoms with Crippen LogP contribution in [0.2, 0.25) is 0 Å². The van der Waals surface area contributed by atoms with Crippen LogP contribution in [0.3, 0.4) is 0 Å². The van der Waals surface area contributed by atoms with Crippen LogP contribution in [0.15, 0.2) is 36.4 Å². The van der Waals surface area contributed by atoms with Gasteiger partial charge in [0.15, 0.2) is 11.5 Å². The van der Waals surface area contributed by atoms with E-state index >= 15 is 0 Å². The van der Waals surface area contributed by atoms with E-state index in [4.69, 9.17) is 9.47 Å². The maximum atomic E-state index is 12.3. The molecule has 0 fully saturated rings. The van der Waals surface area contributed by atoms with Crippen LogP contribution in [0.25, 0.3) is 0 Å². The Morgan fingerprint density at radius 3 is 2.10 bits per heavy atom. The van der Waals surface area contributed by atoms with Crippen molar-refractivity contribution in [3.63, 3.8) is 0 Å². The topological polar surface area (TPSA) is 76.7 Å². The standard InChI is InChI=1S/C23H30N2O4/c1-5-9-28-20-8-7-19(14-21(20)29-10-6-2)25-22(26)15-24-23(27)18-12-16(3)11-17(4)13-18/h7-8,11-14H,5-6,9-10,15H2,1-4H3,(H,24,27)(H,25,26). The Bertz CT molecular complexity index is 829. The van der Waals surface area contributed by atoms with E-state index in [0.29, 0.717) is 36.0 Å². The third-order valence-corrected chi connectivity index (χ3v) is 4.04. The summed E-state index contributed by atoms with van der Waals surface area (Å²) in [5.74, 6) is 0.660. The summed E-state index contributed by atoms with van der Waals surface area (Å²) >= 11 is 0. The molecule has 0 unspecified atom stereocenters. The number of amides is 2. The van der Waals surface area contributed by atoms with Crippen LogP contribution in [0.4, 0.5) is 5.69 Å². The second-order valence-corrected chi connectivity index (χ2v) is 6.97. The average Bonchev–Trinajstić information content (AvgIpc) is 2.69. The van der Waals surface area contributed by atoms with Crippen LogP contribution >= 0.6 is 0 Å². The minimum absolute atomic E-state index is 0.120. The van der Waals surface area contributed by atoms with Crippen molar-refractivity contribution in [2.24, 2.45) is 0 Å². The molecule has 0 heterocycles. The first-order valence-corrected chi connectivity index (χ1v) is 9.99. The summed E-state index contributed by atoms with van der Waals surface area (Å²) in [5, 5.41) is 5.44. The molecule has 6 heteroatoms. The average molecular weight is 399 g/mol. The van der Waals surface area contributed by atoms with Crippen LogP contribution < -0.4 is 20.1 Å². The molecule has 6 nitrogen and oxygen atoms in total. The van der Waals surface area contributed by atoms with E-state index in [2.05, 4.69) is 10.6 Å². The maximum absolute atomic E-state index is 12.3. The first-order chi connectivity index (χ1) is 13.9. The number of rotatable bonds is 10. The van der Waals surface area contributed by atoms with Crippen molar-refractivity contribution < 1.29 is 19.1 Å². The molecule has 29 heavy (non-hydrogen) atoms. The molecule has 0 aliphatic carbocycles. The highest BCUT2D eigenvalue weighted by molar-refractivity contribution is 5.99. The zero-order valence-corrected chi connectivity index (χ0v) is 17.6. The molecule has 2 aromatic rings. The molecule has 156 valence electrons. The van der Waals surface area contributed by atoms with E-state index in [9.17, 15) is 9.59 Å². The summed E-state index contributed by atoms with van der Waals surface area (Å²) in [6, 6.07) is 10.9. The second-order valence-electron chi connectivity index (χ2n) is 6.97. The van der Waals surface area contributed by atoms with Crippen molar-refractivity contribution in [3.8, 4) is 11.5 Å². The molecule has 0 aromatic heterocycles. The van der Waals surface area contributed by atoms with E-state index in [1.54, 1.807) is 30.3 Å². The minimum atomic E-state index is -0.314. The summed E-state index contributed by atoms with van der Waals surface area (Å²) in [6.45, 7) is 8.96. The Morgan fingerprint density at radius 1 is 0.862 bits per heavy atom. The van der Waals surface area contributed by atoms with Gasteiger partial charge in [-0.1, -0.05) is 31.0 Å². The predicted octanol–water partition coefficient (Wildman–Crippen LogP) is 4.25. The fourth-order valence-electron chi connectivity index (χ4n) is 2.82. The van der Waals surface area contributed by atoms with Gasteiger partial charge >= 0.3 is 0 Å². The Hall–Kier alpha value is -3.02. The summed E-state index contributed by atoms with van der Waals surface area (Å²) in [6.07, 6.45) is 1.76. The Balaban J connectivity index is 1.97. The van der Waals surface area contributed by atoms with Crippen molar-refractivity contribution in [1.29, 1.82) is 0 Å². The molecule has 0 saturated heterocycles. The highest BCUT2D eigenvalue weighted by Crippen LogP contribution is 2.31. The van der Waals surface area contributed by atoms with Crippen LogP contribution in [-0.2, 0) is 4.79 Å². The summed E-state index contributed by atoms with van der Waals surface area (Å²) in [7, 11) is 0. The number of nitrogens with one attached hydrogen (secondary N) is 2. The van der Waals surface area contributed by atoms with Gasteiger partial charge in [0, 0.05) is 17.3 Å². The number of carbonyl (C=O) groups excluding carboxylic acids is 2. The van der Waals surface area contributed by atoms with Gasteiger partial charge in [0.05, 0.1) is 19.8 Å². The van der Waals surface area contributed by atoms with Crippen LogP contribution in [0.1, 0.15) is 48.2 Å². The lowest BCUT2D eigenvalue weighted by atomic mass is 10.1. The molecule has 2 N–H and O–H groups in total. The number of aryl methyl sites for hydroxylation is 2. The van der Waals surface area contributed by atoms with Crippen LogP contribution in [0.5, 0.6) is 11.5 Å². The molecular weight excluding hydrogens is 368 g/mol. The number of hydrogen-bond donors (Lipinski definition) is 2. The number of hydrogen-bond acceptors (Lipinski definition) is 4. The van der Waals surface area contributed by atoms with Gasteiger partial charge < -0.3 is 20.1 Å². The Labute approximate surface area is 172 Å². The van der Waals surface area contributed by atoms with E-state index in [-0.39, 0.29) is 18.4 Å². The zero-order valence-electron chi connectivity index (χ0n) is 17.6. The minimum Gasteiger partial charge on any atom is -0.490 e. The number of benzene rings is 2. The van der Waals surface area contributed by atoms with E-state index in [0.717, 1.165) is 24.0 Å². The van der Waals surface area contributed by atoms with E-state index in [1.807, 2.05) is 33.8 Å². The fraction of sp³-hybridized carbons (Fsp3) is 0.391. The van der Waals surface area contributed by atoms with Crippen molar-refractivity contribution >= 4 is 17.5 Å². The van der Waals surface area contributed by atoms with Gasteiger partial charge in [0.25, 0.3) is 5.91 Å². The molecule has 0 atom stereocenters. The van der Waals surface area contributed by atoms with Gasteiger partial charge in [0.2, 0.25) is 5.91 Å². The van der Waals surface area contributed by atoms with Gasteiger partial charge in [-0.25, -0.2) is 0 Å². The van der Waals surface area contributed by atoms with Gasteiger partial charge in [-0.3, -0.25) is 9.59 Å². The molecule has 0 saturated carbocycles. The third-order valence-electron chi connectivity index (χ3n) is 4.04. The van der Waals surface area contributed by atoms with Gasteiger partial charge in [-0.2, -0.15) is 0 Å². The summed E-state index contributed by atoms with van der Waals surface area (Å²) in [5.41, 5.74) is 3.14. The lowest BCUT2D eigenvalue weighted by Gasteiger charge is -2.14. The molecule has 0 aliphatic rings. The van der Waals surface area contributed by atoms with E-state index in [1.165, 1.54) is 0 Å². The molecule has 2 rings (SSSR count). The van der Waals surface area contributed by atoms with E-state index < -0.39 is 0 Å². The maximum Gasteiger partial charge on any atom is 0.251 e. The molecular formula is C23H30N2O4. The first kappa shape index (κ1) is 22.3. The fourth-order valence-corrected chi connectivity index (χ4v) is 2.82. The SMILES string of the molecule is CCCOc1ccc(NC(=O)CNC(=O)c2cc(C)cc(C)c2)cc1OCCC. The number of ether oxygens (including phenoxy) is 2. The third kappa shape index (κ3) is 7.14. The largest absolute Gasteiger partial charge is 0.490 e. The lowest BCUT2D eigenvalue weighted by molar-refractivity contribution is -0.115. The Morgan fingerprint density at radius 2 is 1.48 bits per heavy atom. The molecule has 0 radical (unpaired) electrons.